The van der Waals surface area contributed by atoms with Crippen molar-refractivity contribution in [3.05, 3.63) is 70.9 Å². The molecule has 158 valence electrons. The van der Waals surface area contributed by atoms with E-state index in [-0.39, 0.29) is 17.9 Å². The molecule has 1 N–H and O–H groups in total. The molecular weight excluding hydrogens is 426 g/mol. The molecule has 3 aromatic carbocycles. The van der Waals surface area contributed by atoms with Crippen molar-refractivity contribution < 1.29 is 14.3 Å². The molecule has 0 atom stereocenters. The van der Waals surface area contributed by atoms with Crippen LogP contribution in [0.25, 0.3) is 32.0 Å². The maximum absolute atomic E-state index is 13.0. The van der Waals surface area contributed by atoms with Gasteiger partial charge in [-0.2, -0.15) is 0 Å². The lowest BCUT2D eigenvalue weighted by Gasteiger charge is -2.17. The SMILES string of the molecule is O=C(Cn1c2ccccc2c(=O)c2ccccc21)Nc1nc2cc3c(cc2s1)OCCO3. The summed E-state index contributed by atoms with van der Waals surface area (Å²) in [6.45, 7) is 1.08. The number of carbonyl (C=O) groups is 1. The summed E-state index contributed by atoms with van der Waals surface area (Å²) in [5.74, 6) is 1.13. The minimum absolute atomic E-state index is 0.0348. The van der Waals surface area contributed by atoms with Crippen LogP contribution in [0, 0.1) is 0 Å². The first-order chi connectivity index (χ1) is 15.7. The molecular formula is C24H17N3O4S. The molecule has 0 bridgehead atoms. The molecule has 8 heteroatoms. The number of rotatable bonds is 3. The van der Waals surface area contributed by atoms with E-state index >= 15 is 0 Å². The van der Waals surface area contributed by atoms with Crippen LogP contribution in [0.1, 0.15) is 0 Å². The molecule has 1 amide bonds. The third-order valence-electron chi connectivity index (χ3n) is 5.48. The lowest BCUT2D eigenvalue weighted by atomic mass is 10.1. The number of hydrogen-bond acceptors (Lipinski definition) is 6. The monoisotopic (exact) mass is 443 g/mol. The molecule has 0 aliphatic carbocycles. The molecule has 3 heterocycles. The molecule has 6 rings (SSSR count). The van der Waals surface area contributed by atoms with E-state index < -0.39 is 0 Å². The summed E-state index contributed by atoms with van der Waals surface area (Å²) < 4.78 is 14.0. The summed E-state index contributed by atoms with van der Waals surface area (Å²) in [5.41, 5.74) is 2.15. The van der Waals surface area contributed by atoms with E-state index in [0.29, 0.717) is 40.6 Å². The number of fused-ring (bicyclic) bond motifs is 4. The van der Waals surface area contributed by atoms with Gasteiger partial charge in [0.05, 0.1) is 21.3 Å². The van der Waals surface area contributed by atoms with Crippen molar-refractivity contribution in [2.75, 3.05) is 18.5 Å². The van der Waals surface area contributed by atoms with Gasteiger partial charge in [0.2, 0.25) is 5.91 Å². The number of nitrogens with one attached hydrogen (secondary N) is 1. The summed E-state index contributed by atoms with van der Waals surface area (Å²) in [7, 11) is 0. The van der Waals surface area contributed by atoms with Gasteiger partial charge < -0.3 is 19.4 Å². The van der Waals surface area contributed by atoms with Crippen LogP contribution in [0.3, 0.4) is 0 Å². The molecule has 1 aliphatic rings. The maximum atomic E-state index is 13.0. The molecule has 0 saturated carbocycles. The zero-order valence-corrected chi connectivity index (χ0v) is 17.6. The number of benzene rings is 3. The summed E-state index contributed by atoms with van der Waals surface area (Å²) >= 11 is 1.38. The highest BCUT2D eigenvalue weighted by Gasteiger charge is 2.17. The molecule has 0 unspecified atom stereocenters. The molecule has 2 aromatic heterocycles. The van der Waals surface area contributed by atoms with E-state index in [1.54, 1.807) is 12.1 Å². The van der Waals surface area contributed by atoms with Crippen molar-refractivity contribution in [1.29, 1.82) is 0 Å². The van der Waals surface area contributed by atoms with Crippen LogP contribution in [-0.4, -0.2) is 28.7 Å². The van der Waals surface area contributed by atoms with Gasteiger partial charge in [-0.25, -0.2) is 4.98 Å². The Balaban J connectivity index is 1.36. The van der Waals surface area contributed by atoms with Crippen molar-refractivity contribution in [1.82, 2.24) is 9.55 Å². The average Bonchev–Trinajstić information content (AvgIpc) is 3.21. The average molecular weight is 443 g/mol. The minimum atomic E-state index is -0.222. The number of ether oxygens (including phenoxy) is 2. The number of amides is 1. The highest BCUT2D eigenvalue weighted by atomic mass is 32.1. The quantitative estimate of drug-likeness (QED) is 0.423. The van der Waals surface area contributed by atoms with E-state index in [1.165, 1.54) is 11.3 Å². The zero-order valence-electron chi connectivity index (χ0n) is 16.8. The van der Waals surface area contributed by atoms with Crippen molar-refractivity contribution in [2.24, 2.45) is 0 Å². The zero-order chi connectivity index (χ0) is 21.7. The van der Waals surface area contributed by atoms with Crippen LogP contribution in [-0.2, 0) is 11.3 Å². The largest absolute Gasteiger partial charge is 0.486 e. The van der Waals surface area contributed by atoms with E-state index in [2.05, 4.69) is 10.3 Å². The first kappa shape index (κ1) is 18.8. The number of anilines is 1. The van der Waals surface area contributed by atoms with Gasteiger partial charge in [0.25, 0.3) is 0 Å². The molecule has 5 aromatic rings. The molecule has 0 fully saturated rings. The maximum Gasteiger partial charge on any atom is 0.246 e. The summed E-state index contributed by atoms with van der Waals surface area (Å²) in [6.07, 6.45) is 0. The smallest absolute Gasteiger partial charge is 0.246 e. The lowest BCUT2D eigenvalue weighted by Crippen LogP contribution is -2.21. The topological polar surface area (TPSA) is 82.5 Å². The van der Waals surface area contributed by atoms with Crippen molar-refractivity contribution in [3.63, 3.8) is 0 Å². The van der Waals surface area contributed by atoms with Gasteiger partial charge in [-0.3, -0.25) is 9.59 Å². The second kappa shape index (κ2) is 7.35. The van der Waals surface area contributed by atoms with Crippen molar-refractivity contribution in [2.45, 2.75) is 6.54 Å². The van der Waals surface area contributed by atoms with Crippen LogP contribution in [0.15, 0.2) is 65.5 Å². The highest BCUT2D eigenvalue weighted by molar-refractivity contribution is 7.22. The standard InChI is InChI=1S/C24H17N3O4S/c28-22(26-24-25-16-11-19-20(12-21(16)32-24)31-10-9-30-19)13-27-17-7-3-1-5-14(17)23(29)15-6-2-4-8-18(15)27/h1-8,11-12H,9-10,13H2,(H,25,26,28). The number of para-hydroxylation sites is 2. The third-order valence-corrected chi connectivity index (χ3v) is 6.41. The third kappa shape index (κ3) is 3.07. The van der Waals surface area contributed by atoms with Gasteiger partial charge in [0.15, 0.2) is 22.1 Å². The fourth-order valence-electron chi connectivity index (χ4n) is 4.07. The van der Waals surface area contributed by atoms with Gasteiger partial charge >= 0.3 is 0 Å². The predicted octanol–water partition coefficient (Wildman–Crippen LogP) is 4.17. The number of pyridine rings is 1. The summed E-state index contributed by atoms with van der Waals surface area (Å²) in [6, 6.07) is 18.4. The Hall–Kier alpha value is -3.91. The normalized spacial score (nSPS) is 13.0. The second-order valence-electron chi connectivity index (χ2n) is 7.48. The number of thiazole rings is 1. The number of carbonyl (C=O) groups excluding carboxylic acids is 1. The van der Waals surface area contributed by atoms with Crippen molar-refractivity contribution in [3.8, 4) is 11.5 Å². The lowest BCUT2D eigenvalue weighted by molar-refractivity contribution is -0.116. The first-order valence-corrected chi connectivity index (χ1v) is 11.0. The van der Waals surface area contributed by atoms with E-state index in [1.807, 2.05) is 53.1 Å². The molecule has 1 aliphatic heterocycles. The van der Waals surface area contributed by atoms with E-state index in [0.717, 1.165) is 21.3 Å². The molecule has 0 radical (unpaired) electrons. The highest BCUT2D eigenvalue weighted by Crippen LogP contribution is 2.37. The van der Waals surface area contributed by atoms with Gasteiger partial charge in [-0.15, -0.1) is 0 Å². The van der Waals surface area contributed by atoms with Gasteiger partial charge in [0.1, 0.15) is 19.8 Å². The number of nitrogens with zero attached hydrogens (tertiary/aromatic N) is 2. The number of hydrogen-bond donors (Lipinski definition) is 1. The van der Waals surface area contributed by atoms with Crippen LogP contribution in [0.2, 0.25) is 0 Å². The molecule has 0 saturated heterocycles. The van der Waals surface area contributed by atoms with Crippen molar-refractivity contribution >= 4 is 54.4 Å². The summed E-state index contributed by atoms with van der Waals surface area (Å²) in [4.78, 5) is 30.4. The van der Waals surface area contributed by atoms with Crippen LogP contribution < -0.4 is 20.2 Å². The Morgan fingerprint density at radius 3 is 2.28 bits per heavy atom. The Morgan fingerprint density at radius 2 is 1.59 bits per heavy atom. The van der Waals surface area contributed by atoms with Gasteiger partial charge in [-0.1, -0.05) is 35.6 Å². The Bertz CT molecular complexity index is 1480. The van der Waals surface area contributed by atoms with E-state index in [4.69, 9.17) is 9.47 Å². The van der Waals surface area contributed by atoms with Crippen LogP contribution in [0.4, 0.5) is 5.13 Å². The molecule has 32 heavy (non-hydrogen) atoms. The summed E-state index contributed by atoms with van der Waals surface area (Å²) in [5, 5.41) is 4.58. The van der Waals surface area contributed by atoms with Gasteiger partial charge in [0, 0.05) is 22.9 Å². The predicted molar refractivity (Wildman–Crippen MR) is 125 cm³/mol. The Kier molecular flexibility index (Phi) is 4.32. The second-order valence-corrected chi connectivity index (χ2v) is 8.51. The fraction of sp³-hybridized carbons (Fsp3) is 0.125. The number of aromatic nitrogens is 2. The first-order valence-electron chi connectivity index (χ1n) is 10.2. The Labute approximate surface area is 185 Å². The minimum Gasteiger partial charge on any atom is -0.486 e. The molecule has 0 spiro atoms. The Morgan fingerprint density at radius 1 is 0.969 bits per heavy atom. The van der Waals surface area contributed by atoms with Crippen LogP contribution >= 0.6 is 11.3 Å². The van der Waals surface area contributed by atoms with Crippen LogP contribution in [0.5, 0.6) is 11.5 Å². The van der Waals surface area contributed by atoms with E-state index in [9.17, 15) is 9.59 Å². The van der Waals surface area contributed by atoms with Gasteiger partial charge in [-0.05, 0) is 24.3 Å². The fourth-order valence-corrected chi connectivity index (χ4v) is 4.96. The molecule has 7 nitrogen and oxygen atoms in total.